The Kier molecular flexibility index (Phi) is 3.09. The molecular weight excluding hydrogens is 242 g/mol. The predicted octanol–water partition coefficient (Wildman–Crippen LogP) is 2.37. The van der Waals surface area contributed by atoms with Crippen molar-refractivity contribution < 1.29 is 14.3 Å². The first-order chi connectivity index (χ1) is 9.33. The molecule has 2 heterocycles. The number of nitrogens with zero attached hydrogens (tertiary/aromatic N) is 1. The van der Waals surface area contributed by atoms with Gasteiger partial charge in [-0.05, 0) is 30.7 Å². The molecule has 0 saturated carbocycles. The molecule has 98 valence electrons. The van der Waals surface area contributed by atoms with Gasteiger partial charge < -0.3 is 14.4 Å². The number of β-lactam (4-membered cyclic amide) rings is 1. The summed E-state index contributed by atoms with van der Waals surface area (Å²) in [5.41, 5.74) is 0.864. The van der Waals surface area contributed by atoms with Crippen molar-refractivity contribution in [2.45, 2.75) is 12.5 Å². The number of anilines is 1. The van der Waals surface area contributed by atoms with Gasteiger partial charge in [0.2, 0.25) is 5.91 Å². The van der Waals surface area contributed by atoms with Crippen molar-refractivity contribution in [1.82, 2.24) is 0 Å². The van der Waals surface area contributed by atoms with Gasteiger partial charge in [0.15, 0.2) is 0 Å². The summed E-state index contributed by atoms with van der Waals surface area (Å²) >= 11 is 0. The van der Waals surface area contributed by atoms with Gasteiger partial charge in [-0.2, -0.15) is 0 Å². The van der Waals surface area contributed by atoms with Gasteiger partial charge in [0.25, 0.3) is 0 Å². The van der Waals surface area contributed by atoms with Crippen LogP contribution in [-0.4, -0.2) is 17.6 Å². The molecule has 0 bridgehead atoms. The Hall–Kier alpha value is -2.07. The first-order valence-electron chi connectivity index (χ1n) is 6.35. The highest BCUT2D eigenvalue weighted by molar-refractivity contribution is 6.03. The van der Waals surface area contributed by atoms with Crippen molar-refractivity contribution in [3.8, 4) is 0 Å². The Morgan fingerprint density at radius 2 is 1.95 bits per heavy atom. The molecule has 1 aliphatic heterocycles. The van der Waals surface area contributed by atoms with Crippen LogP contribution in [0.5, 0.6) is 0 Å². The van der Waals surface area contributed by atoms with Crippen LogP contribution < -0.4 is 4.90 Å². The molecule has 0 aliphatic carbocycles. The normalized spacial score (nSPS) is 22.4. The minimum atomic E-state index is -0.198. The number of amides is 1. The van der Waals surface area contributed by atoms with E-state index in [0.29, 0.717) is 6.42 Å². The lowest BCUT2D eigenvalue weighted by Gasteiger charge is -2.46. The molecule has 1 aromatic carbocycles. The number of furan rings is 1. The van der Waals surface area contributed by atoms with Crippen molar-refractivity contribution >= 4 is 11.6 Å². The molecule has 1 fully saturated rings. The van der Waals surface area contributed by atoms with E-state index in [1.54, 1.807) is 11.2 Å². The zero-order valence-corrected chi connectivity index (χ0v) is 10.4. The second-order valence-corrected chi connectivity index (χ2v) is 4.62. The maximum atomic E-state index is 12.2. The van der Waals surface area contributed by atoms with Crippen LogP contribution in [0, 0.1) is 5.92 Å². The molecule has 1 aromatic heterocycles. The maximum Gasteiger partial charge on any atom is 0.233 e. The molecule has 3 rings (SSSR count). The number of hydrogen-bond donors (Lipinski definition) is 1. The third kappa shape index (κ3) is 1.94. The van der Waals surface area contributed by atoms with Gasteiger partial charge >= 0.3 is 0 Å². The van der Waals surface area contributed by atoms with Crippen LogP contribution in [0.15, 0.2) is 53.1 Å². The molecule has 2 aromatic rings. The SMILES string of the molecule is O=C1[C@@H](CCO)[C@@H](c2ccco2)N1c1ccccc1. The highest BCUT2D eigenvalue weighted by Gasteiger charge is 2.49. The number of benzene rings is 1. The first kappa shape index (κ1) is 12.0. The molecule has 1 N–H and O–H groups in total. The van der Waals surface area contributed by atoms with Crippen LogP contribution in [0.3, 0.4) is 0 Å². The van der Waals surface area contributed by atoms with E-state index in [1.807, 2.05) is 42.5 Å². The summed E-state index contributed by atoms with van der Waals surface area (Å²) in [7, 11) is 0. The zero-order chi connectivity index (χ0) is 13.2. The lowest BCUT2D eigenvalue weighted by molar-refractivity contribution is -0.131. The Morgan fingerprint density at radius 1 is 1.16 bits per heavy atom. The van der Waals surface area contributed by atoms with Crippen molar-refractivity contribution in [1.29, 1.82) is 0 Å². The van der Waals surface area contributed by atoms with E-state index in [1.165, 1.54) is 0 Å². The molecule has 1 amide bonds. The van der Waals surface area contributed by atoms with Crippen molar-refractivity contribution in [3.05, 3.63) is 54.5 Å². The van der Waals surface area contributed by atoms with Gasteiger partial charge in [-0.25, -0.2) is 0 Å². The minimum Gasteiger partial charge on any atom is -0.467 e. The Bertz CT molecular complexity index is 550. The average Bonchev–Trinajstić information content (AvgIpc) is 2.96. The van der Waals surface area contributed by atoms with E-state index in [0.717, 1.165) is 11.4 Å². The number of para-hydroxylation sites is 1. The summed E-state index contributed by atoms with van der Waals surface area (Å²) in [6.07, 6.45) is 2.07. The van der Waals surface area contributed by atoms with Crippen LogP contribution in [0.2, 0.25) is 0 Å². The maximum absolute atomic E-state index is 12.2. The number of aliphatic hydroxyl groups excluding tert-OH is 1. The van der Waals surface area contributed by atoms with Crippen LogP contribution in [0.1, 0.15) is 18.2 Å². The molecule has 19 heavy (non-hydrogen) atoms. The van der Waals surface area contributed by atoms with Crippen LogP contribution in [-0.2, 0) is 4.79 Å². The topological polar surface area (TPSA) is 53.7 Å². The molecule has 1 aliphatic rings. The van der Waals surface area contributed by atoms with Gasteiger partial charge in [-0.15, -0.1) is 0 Å². The Labute approximate surface area is 111 Å². The summed E-state index contributed by atoms with van der Waals surface area (Å²) < 4.78 is 5.44. The van der Waals surface area contributed by atoms with Gasteiger partial charge in [-0.3, -0.25) is 4.79 Å². The predicted molar refractivity (Wildman–Crippen MR) is 70.6 cm³/mol. The number of rotatable bonds is 4. The second kappa shape index (κ2) is 4.90. The number of hydrogen-bond acceptors (Lipinski definition) is 3. The molecule has 4 heteroatoms. The lowest BCUT2D eigenvalue weighted by atomic mass is 9.82. The van der Waals surface area contributed by atoms with Gasteiger partial charge in [-0.1, -0.05) is 18.2 Å². The van der Waals surface area contributed by atoms with E-state index < -0.39 is 0 Å². The monoisotopic (exact) mass is 257 g/mol. The van der Waals surface area contributed by atoms with Gasteiger partial charge in [0, 0.05) is 12.3 Å². The highest BCUT2D eigenvalue weighted by Crippen LogP contribution is 2.44. The third-order valence-electron chi connectivity index (χ3n) is 3.52. The molecule has 2 atom stereocenters. The van der Waals surface area contributed by atoms with Gasteiger partial charge in [0.1, 0.15) is 11.8 Å². The van der Waals surface area contributed by atoms with E-state index in [4.69, 9.17) is 9.52 Å². The molecule has 0 unspecified atom stereocenters. The molecule has 0 spiro atoms. The van der Waals surface area contributed by atoms with E-state index in [2.05, 4.69) is 0 Å². The fraction of sp³-hybridized carbons (Fsp3) is 0.267. The lowest BCUT2D eigenvalue weighted by Crippen LogP contribution is -2.55. The van der Waals surface area contributed by atoms with Crippen LogP contribution in [0.25, 0.3) is 0 Å². The van der Waals surface area contributed by atoms with Gasteiger partial charge in [0.05, 0.1) is 12.2 Å². The fourth-order valence-corrected chi connectivity index (χ4v) is 2.63. The average molecular weight is 257 g/mol. The third-order valence-corrected chi connectivity index (χ3v) is 3.52. The van der Waals surface area contributed by atoms with E-state index >= 15 is 0 Å². The summed E-state index contributed by atoms with van der Waals surface area (Å²) in [5, 5.41) is 9.09. The summed E-state index contributed by atoms with van der Waals surface area (Å²) in [4.78, 5) is 14.0. The molecular formula is C15H15NO3. The van der Waals surface area contributed by atoms with Crippen molar-refractivity contribution in [3.63, 3.8) is 0 Å². The van der Waals surface area contributed by atoms with Crippen molar-refractivity contribution in [2.24, 2.45) is 5.92 Å². The number of carbonyl (C=O) groups is 1. The van der Waals surface area contributed by atoms with Crippen molar-refractivity contribution in [2.75, 3.05) is 11.5 Å². The standard InChI is InChI=1S/C15H15NO3/c17-9-8-12-14(13-7-4-10-19-13)16(15(12)18)11-5-2-1-3-6-11/h1-7,10,12,14,17H,8-9H2/t12-,14-/m0/s1. The first-order valence-corrected chi connectivity index (χ1v) is 6.35. The summed E-state index contributed by atoms with van der Waals surface area (Å²) in [5.74, 6) is 0.611. The largest absolute Gasteiger partial charge is 0.467 e. The zero-order valence-electron chi connectivity index (χ0n) is 10.4. The molecule has 1 saturated heterocycles. The highest BCUT2D eigenvalue weighted by atomic mass is 16.3. The second-order valence-electron chi connectivity index (χ2n) is 4.62. The van der Waals surface area contributed by atoms with Crippen LogP contribution in [0.4, 0.5) is 5.69 Å². The molecule has 4 nitrogen and oxygen atoms in total. The van der Waals surface area contributed by atoms with Crippen LogP contribution >= 0.6 is 0 Å². The number of carbonyl (C=O) groups excluding carboxylic acids is 1. The Balaban J connectivity index is 1.93. The number of aliphatic hydroxyl groups is 1. The molecule has 0 radical (unpaired) electrons. The quantitative estimate of drug-likeness (QED) is 0.855. The summed E-state index contributed by atoms with van der Waals surface area (Å²) in [6, 6.07) is 13.1. The Morgan fingerprint density at radius 3 is 2.58 bits per heavy atom. The van der Waals surface area contributed by atoms with E-state index in [-0.39, 0.29) is 24.5 Å². The van der Waals surface area contributed by atoms with E-state index in [9.17, 15) is 4.79 Å². The smallest absolute Gasteiger partial charge is 0.233 e. The fourth-order valence-electron chi connectivity index (χ4n) is 2.63. The summed E-state index contributed by atoms with van der Waals surface area (Å²) in [6.45, 7) is 0.0102. The minimum absolute atomic E-state index is 0.0102.